The number of rotatable bonds is 1. The van der Waals surface area contributed by atoms with Crippen molar-refractivity contribution in [2.45, 2.75) is 6.92 Å². The van der Waals surface area contributed by atoms with Crippen LogP contribution in [0.5, 0.6) is 0 Å². The lowest BCUT2D eigenvalue weighted by Crippen LogP contribution is -1.88. The molecular formula is C14H9ClFN. The predicted molar refractivity (Wildman–Crippen MR) is 66.3 cm³/mol. The average molecular weight is 246 g/mol. The molecule has 2 aromatic carbocycles. The third-order valence-corrected chi connectivity index (χ3v) is 2.84. The maximum Gasteiger partial charge on any atom is 0.143 e. The first-order chi connectivity index (χ1) is 8.11. The molecule has 0 spiro atoms. The lowest BCUT2D eigenvalue weighted by atomic mass is 10.0. The van der Waals surface area contributed by atoms with Gasteiger partial charge in [-0.05, 0) is 30.2 Å². The molecule has 0 saturated heterocycles. The van der Waals surface area contributed by atoms with Gasteiger partial charge in [0.25, 0.3) is 0 Å². The van der Waals surface area contributed by atoms with E-state index in [2.05, 4.69) is 0 Å². The van der Waals surface area contributed by atoms with Crippen LogP contribution in [-0.2, 0) is 0 Å². The number of hydrogen-bond donors (Lipinski definition) is 0. The first-order valence-corrected chi connectivity index (χ1v) is 5.46. The van der Waals surface area contributed by atoms with Crippen LogP contribution in [0.2, 0.25) is 5.02 Å². The molecule has 2 rings (SSSR count). The molecule has 0 atom stereocenters. The SMILES string of the molecule is Cc1ccc(-c2cc(F)c(C#N)c(Cl)c2)cc1. The Kier molecular flexibility index (Phi) is 3.12. The van der Waals surface area contributed by atoms with Crippen molar-refractivity contribution < 1.29 is 4.39 Å². The molecule has 0 bridgehead atoms. The van der Waals surface area contributed by atoms with Crippen molar-refractivity contribution in [3.05, 3.63) is 58.4 Å². The van der Waals surface area contributed by atoms with Gasteiger partial charge >= 0.3 is 0 Å². The second-order valence-electron chi connectivity index (χ2n) is 3.79. The average Bonchev–Trinajstić information content (AvgIpc) is 2.29. The van der Waals surface area contributed by atoms with Gasteiger partial charge in [0.2, 0.25) is 0 Å². The Morgan fingerprint density at radius 2 is 1.76 bits per heavy atom. The molecule has 84 valence electrons. The van der Waals surface area contributed by atoms with Gasteiger partial charge in [0.15, 0.2) is 0 Å². The summed E-state index contributed by atoms with van der Waals surface area (Å²) in [6.07, 6.45) is 0. The van der Waals surface area contributed by atoms with E-state index >= 15 is 0 Å². The van der Waals surface area contributed by atoms with Gasteiger partial charge in [-0.15, -0.1) is 0 Å². The molecule has 0 aliphatic carbocycles. The van der Waals surface area contributed by atoms with Crippen molar-refractivity contribution in [1.29, 1.82) is 5.26 Å². The van der Waals surface area contributed by atoms with Gasteiger partial charge in [0.1, 0.15) is 17.4 Å². The Bertz CT molecular complexity index is 574. The Balaban J connectivity index is 2.55. The fourth-order valence-electron chi connectivity index (χ4n) is 1.59. The van der Waals surface area contributed by atoms with E-state index in [1.807, 2.05) is 31.2 Å². The summed E-state index contributed by atoms with van der Waals surface area (Å²) < 4.78 is 13.6. The molecule has 2 aromatic rings. The minimum absolute atomic E-state index is 0.109. The van der Waals surface area contributed by atoms with Crippen LogP contribution < -0.4 is 0 Å². The molecule has 17 heavy (non-hydrogen) atoms. The Morgan fingerprint density at radius 1 is 1.12 bits per heavy atom. The Labute approximate surface area is 104 Å². The molecule has 0 fully saturated rings. The van der Waals surface area contributed by atoms with Crippen molar-refractivity contribution in [2.75, 3.05) is 0 Å². The lowest BCUT2D eigenvalue weighted by Gasteiger charge is -2.05. The van der Waals surface area contributed by atoms with Gasteiger partial charge < -0.3 is 0 Å². The zero-order chi connectivity index (χ0) is 12.4. The third-order valence-electron chi connectivity index (χ3n) is 2.54. The smallest absolute Gasteiger partial charge is 0.143 e. The molecule has 0 aromatic heterocycles. The van der Waals surface area contributed by atoms with E-state index in [1.54, 1.807) is 12.1 Å². The Morgan fingerprint density at radius 3 is 2.29 bits per heavy atom. The maximum atomic E-state index is 13.6. The topological polar surface area (TPSA) is 23.8 Å². The normalized spacial score (nSPS) is 10.0. The number of benzene rings is 2. The van der Waals surface area contributed by atoms with Crippen LogP contribution >= 0.6 is 11.6 Å². The highest BCUT2D eigenvalue weighted by Gasteiger charge is 2.09. The molecule has 1 nitrogen and oxygen atoms in total. The quantitative estimate of drug-likeness (QED) is 0.734. The number of aryl methyl sites for hydroxylation is 1. The maximum absolute atomic E-state index is 13.6. The van der Waals surface area contributed by atoms with Gasteiger partial charge in [-0.2, -0.15) is 5.26 Å². The summed E-state index contributed by atoms with van der Waals surface area (Å²) >= 11 is 5.85. The van der Waals surface area contributed by atoms with Gasteiger partial charge in [0.05, 0.1) is 5.02 Å². The van der Waals surface area contributed by atoms with Gasteiger partial charge in [-0.25, -0.2) is 4.39 Å². The van der Waals surface area contributed by atoms with Crippen molar-refractivity contribution in [2.24, 2.45) is 0 Å². The van der Waals surface area contributed by atoms with Crippen LogP contribution in [-0.4, -0.2) is 0 Å². The molecule has 0 N–H and O–H groups in total. The van der Waals surface area contributed by atoms with E-state index in [9.17, 15) is 4.39 Å². The molecule has 0 saturated carbocycles. The second-order valence-corrected chi connectivity index (χ2v) is 4.20. The van der Waals surface area contributed by atoms with Crippen molar-refractivity contribution in [3.63, 3.8) is 0 Å². The molecular weight excluding hydrogens is 237 g/mol. The van der Waals surface area contributed by atoms with E-state index in [0.29, 0.717) is 5.56 Å². The number of halogens is 2. The van der Waals surface area contributed by atoms with Crippen LogP contribution in [0.25, 0.3) is 11.1 Å². The van der Waals surface area contributed by atoms with Crippen molar-refractivity contribution in [1.82, 2.24) is 0 Å². The summed E-state index contributed by atoms with van der Waals surface area (Å²) in [5.41, 5.74) is 2.57. The largest absolute Gasteiger partial charge is 0.205 e. The summed E-state index contributed by atoms with van der Waals surface area (Å²) in [5, 5.41) is 8.86. The van der Waals surface area contributed by atoms with Crippen LogP contribution in [0.15, 0.2) is 36.4 Å². The third kappa shape index (κ3) is 2.30. The van der Waals surface area contributed by atoms with Crippen LogP contribution in [0, 0.1) is 24.1 Å². The highest BCUT2D eigenvalue weighted by atomic mass is 35.5. The van der Waals surface area contributed by atoms with E-state index in [-0.39, 0.29) is 10.6 Å². The van der Waals surface area contributed by atoms with Crippen LogP contribution in [0.3, 0.4) is 0 Å². The lowest BCUT2D eigenvalue weighted by molar-refractivity contribution is 0.624. The standard InChI is InChI=1S/C14H9ClFN/c1-9-2-4-10(5-3-9)11-6-13(15)12(8-17)14(16)7-11/h2-7H,1H3. The second kappa shape index (κ2) is 4.57. The molecule has 0 unspecified atom stereocenters. The first-order valence-electron chi connectivity index (χ1n) is 5.08. The summed E-state index contributed by atoms with van der Waals surface area (Å²) in [5.74, 6) is -0.587. The van der Waals surface area contributed by atoms with E-state index in [1.165, 1.54) is 6.07 Å². The van der Waals surface area contributed by atoms with E-state index in [0.717, 1.165) is 11.1 Å². The minimum Gasteiger partial charge on any atom is -0.205 e. The molecule has 0 heterocycles. The van der Waals surface area contributed by atoms with Crippen LogP contribution in [0.1, 0.15) is 11.1 Å². The zero-order valence-electron chi connectivity index (χ0n) is 9.17. The molecule has 0 radical (unpaired) electrons. The fourth-order valence-corrected chi connectivity index (χ4v) is 1.84. The van der Waals surface area contributed by atoms with E-state index in [4.69, 9.17) is 16.9 Å². The molecule has 3 heteroatoms. The minimum atomic E-state index is -0.587. The summed E-state index contributed by atoms with van der Waals surface area (Å²) in [4.78, 5) is 0. The summed E-state index contributed by atoms with van der Waals surface area (Å²) in [6.45, 7) is 1.98. The summed E-state index contributed by atoms with van der Waals surface area (Å²) in [6, 6.07) is 12.4. The van der Waals surface area contributed by atoms with Gasteiger partial charge in [0, 0.05) is 0 Å². The highest BCUT2D eigenvalue weighted by molar-refractivity contribution is 6.32. The molecule has 0 amide bonds. The van der Waals surface area contributed by atoms with Crippen molar-refractivity contribution in [3.8, 4) is 17.2 Å². The highest BCUT2D eigenvalue weighted by Crippen LogP contribution is 2.27. The monoisotopic (exact) mass is 245 g/mol. The van der Waals surface area contributed by atoms with E-state index < -0.39 is 5.82 Å². The fraction of sp³-hybridized carbons (Fsp3) is 0.0714. The zero-order valence-corrected chi connectivity index (χ0v) is 9.92. The summed E-state index contributed by atoms with van der Waals surface area (Å²) in [7, 11) is 0. The number of nitriles is 1. The number of hydrogen-bond acceptors (Lipinski definition) is 1. The van der Waals surface area contributed by atoms with Crippen molar-refractivity contribution >= 4 is 11.6 Å². The molecule has 0 aliphatic rings. The van der Waals surface area contributed by atoms with Gasteiger partial charge in [-0.3, -0.25) is 0 Å². The van der Waals surface area contributed by atoms with Gasteiger partial charge in [-0.1, -0.05) is 41.4 Å². The number of nitrogens with zero attached hydrogens (tertiary/aromatic N) is 1. The molecule has 0 aliphatic heterocycles. The first kappa shape index (κ1) is 11.6. The Hall–Kier alpha value is -1.85. The predicted octanol–water partition coefficient (Wildman–Crippen LogP) is 4.33. The van der Waals surface area contributed by atoms with Crippen LogP contribution in [0.4, 0.5) is 4.39 Å².